The maximum absolute atomic E-state index is 8.74. The Morgan fingerprint density at radius 2 is 1.33 bits per heavy atom. The molecule has 0 aromatic rings. The molecule has 0 rings (SSSR count). The van der Waals surface area contributed by atoms with Gasteiger partial charge in [0.2, 0.25) is 0 Å². The molecule has 0 aromatic heterocycles. The van der Waals surface area contributed by atoms with Crippen molar-refractivity contribution in [2.24, 2.45) is 0 Å². The molecule has 0 aromatic carbocycles. The fourth-order valence-electron chi connectivity index (χ4n) is 0. The van der Waals surface area contributed by atoms with Crippen molar-refractivity contribution >= 4 is 37.6 Å². The van der Waals surface area contributed by atoms with Crippen molar-refractivity contribution < 1.29 is 61.7 Å². The van der Waals surface area contributed by atoms with Gasteiger partial charge in [-0.2, -0.15) is 8.42 Å². The van der Waals surface area contributed by atoms with E-state index in [0.717, 1.165) is 0 Å². The Hall–Kier alpha value is 2.45. The van der Waals surface area contributed by atoms with Crippen molar-refractivity contribution in [3.8, 4) is 0 Å². The monoisotopic (exact) mass is 344 g/mol. The predicted octanol–water partition coefficient (Wildman–Crippen LogP) is -1.85. The molecular weight excluding hydrogens is 344 g/mol. The fourth-order valence-corrected chi connectivity index (χ4v) is 0. The predicted molar refractivity (Wildman–Crippen MR) is 33.1 cm³/mol. The molecule has 0 saturated heterocycles. The molecule has 0 saturated carbocycles. The summed E-state index contributed by atoms with van der Waals surface area (Å²) in [5.74, 6) is 0. The Bertz CT molecular complexity index is 117. The molecule has 0 bridgehead atoms. The van der Waals surface area contributed by atoms with Crippen LogP contribution in [-0.2, 0) is 23.6 Å². The first-order valence-electron chi connectivity index (χ1n) is 1.23. The van der Waals surface area contributed by atoms with Crippen molar-refractivity contribution in [2.45, 2.75) is 0 Å². The standard InChI is InChI=1S/2BrH.Na.H2O4S.Zn.H/c;;;1-5(2,3)4;;/h2*1H;;(H2,1,2,3,4);;/q;;+1;;+2;-1/p-2. The Morgan fingerprint density at radius 3 is 1.33 bits per heavy atom. The number of rotatable bonds is 0. The van der Waals surface area contributed by atoms with Crippen LogP contribution in [-0.4, -0.2) is 17.5 Å². The van der Waals surface area contributed by atoms with Crippen LogP contribution < -0.4 is 29.6 Å². The number of hydrogen-bond donors (Lipinski definition) is 2. The van der Waals surface area contributed by atoms with E-state index in [0.29, 0.717) is 0 Å². The molecule has 0 aliphatic rings. The largest absolute Gasteiger partial charge is 1.00 e. The Labute approximate surface area is 97.8 Å². The molecule has 0 unspecified atom stereocenters. The van der Waals surface area contributed by atoms with Gasteiger partial charge in [0.05, 0.1) is 0 Å². The van der Waals surface area contributed by atoms with Gasteiger partial charge in [-0.1, -0.05) is 0 Å². The van der Waals surface area contributed by atoms with Gasteiger partial charge in [0.1, 0.15) is 0 Å². The average molecular weight is 347 g/mol. The van der Waals surface area contributed by atoms with Crippen LogP contribution in [0.5, 0.6) is 0 Å². The van der Waals surface area contributed by atoms with E-state index in [4.69, 9.17) is 17.5 Å². The summed E-state index contributed by atoms with van der Waals surface area (Å²) in [4.78, 5) is 0. The third kappa shape index (κ3) is 124. The van der Waals surface area contributed by atoms with Crippen LogP contribution in [0.4, 0.5) is 0 Å². The Morgan fingerprint density at radius 1 is 1.33 bits per heavy atom. The molecule has 9 heteroatoms. The average Bonchev–Trinajstić information content (AvgIpc) is 1.27. The molecular formula is H3Br2NaO4SZn. The second-order valence-electron chi connectivity index (χ2n) is 0.549. The smallest absolute Gasteiger partial charge is 1.00 e. The first-order chi connectivity index (χ1) is 3.41. The first kappa shape index (κ1) is 17.5. The molecule has 0 atom stereocenters. The van der Waals surface area contributed by atoms with E-state index >= 15 is 0 Å². The van der Waals surface area contributed by atoms with E-state index in [2.05, 4.69) is 27.2 Å². The molecule has 0 amide bonds. The third-order valence-corrected chi connectivity index (χ3v) is 0. The third-order valence-electron chi connectivity index (χ3n) is 0. The van der Waals surface area contributed by atoms with Crippen molar-refractivity contribution in [1.82, 2.24) is 0 Å². The molecule has 0 spiro atoms. The molecule has 50 valence electrons. The van der Waals surface area contributed by atoms with Gasteiger partial charge >= 0.3 is 80.4 Å². The molecule has 0 fully saturated rings. The van der Waals surface area contributed by atoms with Crippen molar-refractivity contribution in [3.05, 3.63) is 0 Å². The van der Waals surface area contributed by atoms with Crippen LogP contribution in [0.3, 0.4) is 0 Å². The minimum Gasteiger partial charge on any atom is -1.00 e. The minimum atomic E-state index is -4.67. The van der Waals surface area contributed by atoms with Crippen LogP contribution in [0.25, 0.3) is 0 Å². The van der Waals surface area contributed by atoms with Gasteiger partial charge in [-0.3, -0.25) is 9.11 Å². The maximum Gasteiger partial charge on any atom is 1.00 e. The molecule has 9 heavy (non-hydrogen) atoms. The van der Waals surface area contributed by atoms with Crippen LogP contribution in [0.15, 0.2) is 0 Å². The van der Waals surface area contributed by atoms with Gasteiger partial charge in [-0.15, -0.1) is 0 Å². The van der Waals surface area contributed by atoms with Gasteiger partial charge in [-0.05, 0) is 0 Å². The Kier molecular flexibility index (Phi) is 20.3. The topological polar surface area (TPSA) is 74.6 Å². The molecule has 0 aliphatic carbocycles. The van der Waals surface area contributed by atoms with E-state index in [1.54, 1.807) is 0 Å². The van der Waals surface area contributed by atoms with E-state index in [1.807, 2.05) is 0 Å². The Balaban J connectivity index is -0.0000000326. The summed E-state index contributed by atoms with van der Waals surface area (Å²) in [5.41, 5.74) is 0. The van der Waals surface area contributed by atoms with Gasteiger partial charge < -0.3 is 1.43 Å². The van der Waals surface area contributed by atoms with Crippen molar-refractivity contribution in [3.63, 3.8) is 0 Å². The second-order valence-corrected chi connectivity index (χ2v) is 15.5. The molecule has 0 aliphatic heterocycles. The van der Waals surface area contributed by atoms with E-state index < -0.39 is 10.4 Å². The summed E-state index contributed by atoms with van der Waals surface area (Å²) in [6.07, 6.45) is 0. The normalized spacial score (nSPS) is 7.56. The zero-order valence-electron chi connectivity index (χ0n) is 5.58. The second kappa shape index (κ2) is 10.5. The fraction of sp³-hybridized carbons (Fsp3) is 0. The zero-order chi connectivity index (χ0) is 7.21. The van der Waals surface area contributed by atoms with E-state index in [-0.39, 0.29) is 44.2 Å². The number of hydrogen-bond acceptors (Lipinski definition) is 2. The summed E-state index contributed by atoms with van der Waals surface area (Å²) in [6, 6.07) is 0. The SMILES string of the molecule is O=S(=O)(O)O.[Br][Zn][Br].[H-].[Na+]. The van der Waals surface area contributed by atoms with E-state index in [1.165, 1.54) is 0 Å². The first-order valence-corrected chi connectivity index (χ1v) is 16.5. The van der Waals surface area contributed by atoms with Crippen molar-refractivity contribution in [1.29, 1.82) is 0 Å². The quantitative estimate of drug-likeness (QED) is 0.399. The molecule has 4 nitrogen and oxygen atoms in total. The minimum absolute atomic E-state index is 0. The van der Waals surface area contributed by atoms with Crippen molar-refractivity contribution in [2.75, 3.05) is 0 Å². The van der Waals surface area contributed by atoms with E-state index in [9.17, 15) is 0 Å². The van der Waals surface area contributed by atoms with Crippen LogP contribution in [0.2, 0.25) is 0 Å². The van der Waals surface area contributed by atoms with Gasteiger partial charge in [0.25, 0.3) is 0 Å². The van der Waals surface area contributed by atoms with Crippen LogP contribution in [0, 0.1) is 0 Å². The van der Waals surface area contributed by atoms with Gasteiger partial charge in [0.15, 0.2) is 0 Å². The van der Waals surface area contributed by atoms with Crippen LogP contribution in [0.1, 0.15) is 1.43 Å². The maximum atomic E-state index is 8.74. The molecule has 2 N–H and O–H groups in total. The summed E-state index contributed by atoms with van der Waals surface area (Å²) < 4.78 is 31.6. The van der Waals surface area contributed by atoms with Gasteiger partial charge in [-0.25, -0.2) is 0 Å². The van der Waals surface area contributed by atoms with Crippen LogP contribution >= 0.6 is 27.2 Å². The van der Waals surface area contributed by atoms with Gasteiger partial charge in [0, 0.05) is 0 Å². The summed E-state index contributed by atoms with van der Waals surface area (Å²) in [7, 11) is -4.67. The summed E-state index contributed by atoms with van der Waals surface area (Å²) in [5, 5.41) is 0. The number of halogens is 2. The molecule has 0 heterocycles. The summed E-state index contributed by atoms with van der Waals surface area (Å²) in [6.45, 7) is 0. The summed E-state index contributed by atoms with van der Waals surface area (Å²) >= 11 is 6.25. The molecule has 0 radical (unpaired) electrons. The zero-order valence-corrected chi connectivity index (χ0v) is 13.5.